The van der Waals surface area contributed by atoms with Crippen LogP contribution in [0.1, 0.15) is 36.2 Å². The van der Waals surface area contributed by atoms with Crippen LogP contribution in [0.25, 0.3) is 16.5 Å². The van der Waals surface area contributed by atoms with Crippen LogP contribution in [-0.4, -0.2) is 9.78 Å². The molecular weight excluding hydrogens is 342 g/mol. The zero-order chi connectivity index (χ0) is 19.9. The van der Waals surface area contributed by atoms with Gasteiger partial charge in [-0.15, -0.1) is 0 Å². The molecule has 142 valence electrons. The summed E-state index contributed by atoms with van der Waals surface area (Å²) in [6.07, 6.45) is 2.05. The van der Waals surface area contributed by atoms with Gasteiger partial charge in [-0.1, -0.05) is 54.1 Å². The van der Waals surface area contributed by atoms with Crippen molar-refractivity contribution in [1.82, 2.24) is 9.78 Å². The van der Waals surface area contributed by atoms with Crippen LogP contribution in [0.15, 0.2) is 66.9 Å². The minimum atomic E-state index is -0.291. The standard InChI is InChI=1S/C25H27N3/c1-17-15-18(2)24(19(3)16-17)26-25(4,5)23-13-14-28(27-23)22-12-8-10-20-9-6-7-11-21(20)22/h6-16,26H,1-5H3. The molecule has 3 heteroatoms. The molecule has 0 bridgehead atoms. The van der Waals surface area contributed by atoms with E-state index in [2.05, 4.69) is 107 Å². The minimum Gasteiger partial charge on any atom is -0.374 e. The topological polar surface area (TPSA) is 29.9 Å². The van der Waals surface area contributed by atoms with Crippen molar-refractivity contribution in [2.24, 2.45) is 0 Å². The summed E-state index contributed by atoms with van der Waals surface area (Å²) in [5, 5.41) is 11.1. The van der Waals surface area contributed by atoms with Crippen LogP contribution in [0, 0.1) is 20.8 Å². The van der Waals surface area contributed by atoms with Gasteiger partial charge < -0.3 is 5.32 Å². The van der Waals surface area contributed by atoms with E-state index in [1.165, 1.54) is 33.2 Å². The van der Waals surface area contributed by atoms with Gasteiger partial charge in [-0.25, -0.2) is 4.68 Å². The quantitative estimate of drug-likeness (QED) is 0.457. The molecule has 0 unspecified atom stereocenters. The maximum Gasteiger partial charge on any atom is 0.0877 e. The van der Waals surface area contributed by atoms with E-state index in [1.54, 1.807) is 0 Å². The molecule has 0 amide bonds. The molecule has 28 heavy (non-hydrogen) atoms. The lowest BCUT2D eigenvalue weighted by molar-refractivity contribution is 0.577. The smallest absolute Gasteiger partial charge is 0.0877 e. The van der Waals surface area contributed by atoms with E-state index in [0.717, 1.165) is 11.4 Å². The van der Waals surface area contributed by atoms with Crippen LogP contribution in [-0.2, 0) is 5.54 Å². The van der Waals surface area contributed by atoms with E-state index in [-0.39, 0.29) is 5.54 Å². The van der Waals surface area contributed by atoms with Gasteiger partial charge in [0.15, 0.2) is 0 Å². The van der Waals surface area contributed by atoms with Crippen LogP contribution in [0.5, 0.6) is 0 Å². The van der Waals surface area contributed by atoms with Gasteiger partial charge >= 0.3 is 0 Å². The van der Waals surface area contributed by atoms with E-state index < -0.39 is 0 Å². The number of hydrogen-bond acceptors (Lipinski definition) is 2. The number of nitrogens with zero attached hydrogens (tertiary/aromatic N) is 2. The first kappa shape index (κ1) is 18.3. The first-order valence-electron chi connectivity index (χ1n) is 9.75. The van der Waals surface area contributed by atoms with Crippen LogP contribution in [0.4, 0.5) is 5.69 Å². The first-order valence-corrected chi connectivity index (χ1v) is 9.75. The molecule has 1 N–H and O–H groups in total. The molecule has 0 spiro atoms. The summed E-state index contributed by atoms with van der Waals surface area (Å²) >= 11 is 0. The second-order valence-corrected chi connectivity index (χ2v) is 8.17. The minimum absolute atomic E-state index is 0.291. The molecule has 0 saturated carbocycles. The summed E-state index contributed by atoms with van der Waals surface area (Å²) < 4.78 is 1.98. The number of hydrogen-bond donors (Lipinski definition) is 1. The number of fused-ring (bicyclic) bond motifs is 1. The first-order chi connectivity index (χ1) is 13.3. The van der Waals surface area contributed by atoms with Crippen LogP contribution in [0.3, 0.4) is 0 Å². The largest absolute Gasteiger partial charge is 0.374 e. The molecule has 4 rings (SSSR count). The molecule has 0 aliphatic rings. The van der Waals surface area contributed by atoms with Crippen LogP contribution in [0.2, 0.25) is 0 Å². The molecule has 0 fully saturated rings. The van der Waals surface area contributed by atoms with Crippen molar-refractivity contribution in [2.45, 2.75) is 40.2 Å². The molecule has 0 atom stereocenters. The Labute approximate surface area is 167 Å². The lowest BCUT2D eigenvalue weighted by atomic mass is 9.97. The Kier molecular flexibility index (Phi) is 4.46. The highest BCUT2D eigenvalue weighted by Gasteiger charge is 2.25. The fourth-order valence-electron chi connectivity index (χ4n) is 3.95. The predicted molar refractivity (Wildman–Crippen MR) is 118 cm³/mol. The lowest BCUT2D eigenvalue weighted by Crippen LogP contribution is -2.29. The molecule has 1 aromatic heterocycles. The molecule has 1 heterocycles. The van der Waals surface area contributed by atoms with Gasteiger partial charge in [0.05, 0.1) is 16.9 Å². The molecule has 3 aromatic carbocycles. The van der Waals surface area contributed by atoms with E-state index >= 15 is 0 Å². The number of anilines is 1. The summed E-state index contributed by atoms with van der Waals surface area (Å²) in [5.74, 6) is 0. The Morgan fingerprint density at radius 2 is 1.54 bits per heavy atom. The van der Waals surface area contributed by atoms with Gasteiger partial charge in [0.2, 0.25) is 0 Å². The molecule has 3 nitrogen and oxygen atoms in total. The summed E-state index contributed by atoms with van der Waals surface area (Å²) in [6, 6.07) is 21.3. The number of aryl methyl sites for hydroxylation is 3. The summed E-state index contributed by atoms with van der Waals surface area (Å²) in [5.41, 5.74) is 6.83. The highest BCUT2D eigenvalue weighted by molar-refractivity contribution is 5.89. The summed E-state index contributed by atoms with van der Waals surface area (Å²) in [6.45, 7) is 10.8. The summed E-state index contributed by atoms with van der Waals surface area (Å²) in [4.78, 5) is 0. The van der Waals surface area contributed by atoms with Crippen LogP contribution >= 0.6 is 0 Å². The molecule has 4 aromatic rings. The monoisotopic (exact) mass is 369 g/mol. The van der Waals surface area contributed by atoms with E-state index in [9.17, 15) is 0 Å². The van der Waals surface area contributed by atoms with Crippen molar-refractivity contribution in [1.29, 1.82) is 0 Å². The Morgan fingerprint density at radius 3 is 2.29 bits per heavy atom. The van der Waals surface area contributed by atoms with Crippen molar-refractivity contribution in [3.8, 4) is 5.69 Å². The van der Waals surface area contributed by atoms with Gasteiger partial charge in [-0.05, 0) is 63.3 Å². The van der Waals surface area contributed by atoms with Crippen molar-refractivity contribution in [2.75, 3.05) is 5.32 Å². The third kappa shape index (κ3) is 3.29. The average Bonchev–Trinajstić information content (AvgIpc) is 3.15. The fourth-order valence-corrected chi connectivity index (χ4v) is 3.95. The number of benzene rings is 3. The molecule has 0 aliphatic carbocycles. The molecule has 0 aliphatic heterocycles. The predicted octanol–water partition coefficient (Wildman–Crippen LogP) is 6.30. The number of rotatable bonds is 4. The Morgan fingerprint density at radius 1 is 0.857 bits per heavy atom. The SMILES string of the molecule is Cc1cc(C)c(NC(C)(C)c2ccn(-c3cccc4ccccc34)n2)c(C)c1. The highest BCUT2D eigenvalue weighted by atomic mass is 15.3. The maximum absolute atomic E-state index is 4.93. The highest BCUT2D eigenvalue weighted by Crippen LogP contribution is 2.30. The van der Waals surface area contributed by atoms with Crippen molar-refractivity contribution >= 4 is 16.5 Å². The Bertz CT molecular complexity index is 1120. The van der Waals surface area contributed by atoms with Gasteiger partial charge in [-0.3, -0.25) is 0 Å². The third-order valence-electron chi connectivity index (χ3n) is 5.36. The molecular formula is C25H27N3. The Hall–Kier alpha value is -3.07. The fraction of sp³-hybridized carbons (Fsp3) is 0.240. The molecule has 0 radical (unpaired) electrons. The zero-order valence-corrected chi connectivity index (χ0v) is 17.2. The van der Waals surface area contributed by atoms with Gasteiger partial charge in [-0.2, -0.15) is 5.10 Å². The van der Waals surface area contributed by atoms with Crippen molar-refractivity contribution < 1.29 is 0 Å². The van der Waals surface area contributed by atoms with Gasteiger partial charge in [0.25, 0.3) is 0 Å². The lowest BCUT2D eigenvalue weighted by Gasteiger charge is -2.28. The average molecular weight is 370 g/mol. The maximum atomic E-state index is 4.93. The number of nitrogens with one attached hydrogen (secondary N) is 1. The second-order valence-electron chi connectivity index (χ2n) is 8.17. The third-order valence-corrected chi connectivity index (χ3v) is 5.36. The second kappa shape index (κ2) is 6.83. The number of aromatic nitrogens is 2. The van der Waals surface area contributed by atoms with Gasteiger partial charge in [0, 0.05) is 17.3 Å². The van der Waals surface area contributed by atoms with E-state index in [4.69, 9.17) is 5.10 Å². The van der Waals surface area contributed by atoms with Crippen molar-refractivity contribution in [3.05, 3.63) is 89.2 Å². The van der Waals surface area contributed by atoms with Gasteiger partial charge in [0.1, 0.15) is 0 Å². The van der Waals surface area contributed by atoms with Crippen molar-refractivity contribution in [3.63, 3.8) is 0 Å². The normalized spacial score (nSPS) is 11.8. The molecule has 0 saturated heterocycles. The van der Waals surface area contributed by atoms with E-state index in [0.29, 0.717) is 0 Å². The van der Waals surface area contributed by atoms with Crippen LogP contribution < -0.4 is 5.32 Å². The summed E-state index contributed by atoms with van der Waals surface area (Å²) in [7, 11) is 0. The zero-order valence-electron chi connectivity index (χ0n) is 17.2. The Balaban J connectivity index is 1.70. The van der Waals surface area contributed by atoms with E-state index in [1.807, 2.05) is 4.68 Å².